The van der Waals surface area contributed by atoms with Gasteiger partial charge in [0.2, 0.25) is 0 Å². The number of nitrogens with zero attached hydrogens (tertiary/aromatic N) is 3. The van der Waals surface area contributed by atoms with Crippen LogP contribution in [0.15, 0.2) is 54.6 Å². The van der Waals surface area contributed by atoms with Gasteiger partial charge in [0.15, 0.2) is 0 Å². The molecule has 0 atom stereocenters. The van der Waals surface area contributed by atoms with E-state index in [2.05, 4.69) is 54.2 Å². The summed E-state index contributed by atoms with van der Waals surface area (Å²) in [5.41, 5.74) is 3.17. The van der Waals surface area contributed by atoms with E-state index < -0.39 is 0 Å². The minimum Gasteiger partial charge on any atom is -0.308 e. The fourth-order valence-electron chi connectivity index (χ4n) is 2.41. The monoisotopic (exact) mass is 293 g/mol. The second-order valence-corrected chi connectivity index (χ2v) is 5.77. The fourth-order valence-corrected chi connectivity index (χ4v) is 2.41. The molecule has 0 N–H and O–H groups in total. The molecule has 0 heterocycles. The van der Waals surface area contributed by atoms with Gasteiger partial charge >= 0.3 is 0 Å². The summed E-state index contributed by atoms with van der Waals surface area (Å²) in [6.45, 7) is 3.67. The molecule has 0 aliphatic carbocycles. The highest BCUT2D eigenvalue weighted by Crippen LogP contribution is 2.13. The van der Waals surface area contributed by atoms with Gasteiger partial charge in [-0.1, -0.05) is 48.5 Å². The molecular weight excluding hydrogens is 270 g/mol. The number of hydrogen-bond acceptors (Lipinski definition) is 3. The third-order valence-electron chi connectivity index (χ3n) is 3.64. The molecule has 0 bridgehead atoms. The molecule has 114 valence electrons. The summed E-state index contributed by atoms with van der Waals surface area (Å²) in [6, 6.07) is 20.6. The van der Waals surface area contributed by atoms with Gasteiger partial charge in [-0.2, -0.15) is 5.26 Å². The molecule has 22 heavy (non-hydrogen) atoms. The average molecular weight is 293 g/mol. The summed E-state index contributed by atoms with van der Waals surface area (Å²) in [7, 11) is 4.17. The predicted molar refractivity (Wildman–Crippen MR) is 90.3 cm³/mol. The molecule has 0 unspecified atom stereocenters. The lowest BCUT2D eigenvalue weighted by Gasteiger charge is -2.24. The van der Waals surface area contributed by atoms with Crippen LogP contribution in [-0.4, -0.2) is 37.0 Å². The van der Waals surface area contributed by atoms with Crippen molar-refractivity contribution in [3.8, 4) is 6.07 Å². The van der Waals surface area contributed by atoms with E-state index in [1.807, 2.05) is 30.3 Å². The normalized spacial score (nSPS) is 10.9. The molecule has 0 saturated carbocycles. The standard InChI is InChI=1S/C19H23N3/c1-21(2)12-13-22(15-17-8-4-3-5-9-17)16-19-11-7-6-10-18(19)14-20/h3-11H,12-13,15-16H2,1-2H3. The zero-order valence-corrected chi connectivity index (χ0v) is 13.4. The zero-order valence-electron chi connectivity index (χ0n) is 13.4. The van der Waals surface area contributed by atoms with E-state index in [-0.39, 0.29) is 0 Å². The van der Waals surface area contributed by atoms with Gasteiger partial charge in [-0.25, -0.2) is 0 Å². The Morgan fingerprint density at radius 3 is 2.23 bits per heavy atom. The van der Waals surface area contributed by atoms with Gasteiger partial charge in [-0.15, -0.1) is 0 Å². The summed E-state index contributed by atoms with van der Waals surface area (Å²) in [4.78, 5) is 4.58. The van der Waals surface area contributed by atoms with Gasteiger partial charge in [0.05, 0.1) is 11.6 Å². The molecule has 0 aliphatic rings. The van der Waals surface area contributed by atoms with Crippen LogP contribution < -0.4 is 0 Å². The maximum absolute atomic E-state index is 9.26. The number of nitriles is 1. The van der Waals surface area contributed by atoms with Crippen molar-refractivity contribution >= 4 is 0 Å². The van der Waals surface area contributed by atoms with Gasteiger partial charge in [-0.3, -0.25) is 4.90 Å². The molecule has 0 radical (unpaired) electrons. The van der Waals surface area contributed by atoms with Crippen LogP contribution in [0.5, 0.6) is 0 Å². The SMILES string of the molecule is CN(C)CCN(Cc1ccccc1)Cc1ccccc1C#N. The van der Waals surface area contributed by atoms with Crippen molar-refractivity contribution < 1.29 is 0 Å². The molecular formula is C19H23N3. The van der Waals surface area contributed by atoms with E-state index in [9.17, 15) is 5.26 Å². The fraction of sp³-hybridized carbons (Fsp3) is 0.316. The van der Waals surface area contributed by atoms with Crippen molar-refractivity contribution in [2.24, 2.45) is 0 Å². The van der Waals surface area contributed by atoms with Crippen LogP contribution in [0.2, 0.25) is 0 Å². The summed E-state index contributed by atoms with van der Waals surface area (Å²) >= 11 is 0. The molecule has 0 spiro atoms. The van der Waals surface area contributed by atoms with Crippen molar-refractivity contribution in [2.45, 2.75) is 13.1 Å². The highest BCUT2D eigenvalue weighted by atomic mass is 15.2. The van der Waals surface area contributed by atoms with Crippen LogP contribution in [0.1, 0.15) is 16.7 Å². The van der Waals surface area contributed by atoms with Crippen LogP contribution in [0.25, 0.3) is 0 Å². The largest absolute Gasteiger partial charge is 0.308 e. The van der Waals surface area contributed by atoms with Crippen molar-refractivity contribution in [1.82, 2.24) is 9.80 Å². The zero-order chi connectivity index (χ0) is 15.8. The van der Waals surface area contributed by atoms with E-state index in [1.54, 1.807) is 0 Å². The summed E-state index contributed by atoms with van der Waals surface area (Å²) in [5.74, 6) is 0. The average Bonchev–Trinajstić information content (AvgIpc) is 2.54. The summed E-state index contributed by atoms with van der Waals surface area (Å²) in [6.07, 6.45) is 0. The van der Waals surface area contributed by atoms with Gasteiger partial charge in [0.25, 0.3) is 0 Å². The number of likely N-dealkylation sites (N-methyl/N-ethyl adjacent to an activating group) is 1. The maximum atomic E-state index is 9.26. The minimum absolute atomic E-state index is 0.769. The predicted octanol–water partition coefficient (Wildman–Crippen LogP) is 3.12. The Morgan fingerprint density at radius 2 is 1.55 bits per heavy atom. The van der Waals surface area contributed by atoms with Gasteiger partial charge in [0, 0.05) is 26.2 Å². The molecule has 0 saturated heterocycles. The molecule has 2 aromatic rings. The second-order valence-electron chi connectivity index (χ2n) is 5.77. The van der Waals surface area contributed by atoms with Crippen LogP contribution in [0.3, 0.4) is 0 Å². The molecule has 2 rings (SSSR count). The first-order valence-electron chi connectivity index (χ1n) is 7.58. The van der Waals surface area contributed by atoms with E-state index in [0.29, 0.717) is 0 Å². The summed E-state index contributed by atoms with van der Waals surface area (Å²) in [5, 5.41) is 9.26. The second kappa shape index (κ2) is 8.33. The molecule has 3 nitrogen and oxygen atoms in total. The quantitative estimate of drug-likeness (QED) is 0.785. The lowest BCUT2D eigenvalue weighted by Crippen LogP contribution is -2.31. The van der Waals surface area contributed by atoms with Crippen molar-refractivity contribution in [3.05, 3.63) is 71.3 Å². The Hall–Kier alpha value is -2.15. The van der Waals surface area contributed by atoms with E-state index >= 15 is 0 Å². The van der Waals surface area contributed by atoms with E-state index in [1.165, 1.54) is 5.56 Å². The van der Waals surface area contributed by atoms with Crippen LogP contribution in [0.4, 0.5) is 0 Å². The molecule has 0 amide bonds. The Morgan fingerprint density at radius 1 is 0.864 bits per heavy atom. The van der Waals surface area contributed by atoms with Crippen molar-refractivity contribution in [1.29, 1.82) is 5.26 Å². The first kappa shape index (κ1) is 16.2. The molecule has 2 aromatic carbocycles. The van der Waals surface area contributed by atoms with E-state index in [0.717, 1.165) is 37.3 Å². The first-order valence-corrected chi connectivity index (χ1v) is 7.58. The third kappa shape index (κ3) is 5.00. The van der Waals surface area contributed by atoms with Gasteiger partial charge in [0.1, 0.15) is 0 Å². The Kier molecular flexibility index (Phi) is 6.14. The molecule has 0 aromatic heterocycles. The number of rotatable bonds is 7. The highest BCUT2D eigenvalue weighted by Gasteiger charge is 2.10. The lowest BCUT2D eigenvalue weighted by molar-refractivity contribution is 0.226. The minimum atomic E-state index is 0.769. The third-order valence-corrected chi connectivity index (χ3v) is 3.64. The molecule has 0 fully saturated rings. The first-order chi connectivity index (χ1) is 10.7. The smallest absolute Gasteiger partial charge is 0.0995 e. The van der Waals surface area contributed by atoms with Crippen LogP contribution >= 0.6 is 0 Å². The topological polar surface area (TPSA) is 30.3 Å². The van der Waals surface area contributed by atoms with E-state index in [4.69, 9.17) is 0 Å². The van der Waals surface area contributed by atoms with Crippen molar-refractivity contribution in [3.63, 3.8) is 0 Å². The van der Waals surface area contributed by atoms with Crippen molar-refractivity contribution in [2.75, 3.05) is 27.2 Å². The Balaban J connectivity index is 2.12. The summed E-state index contributed by atoms with van der Waals surface area (Å²) < 4.78 is 0. The number of hydrogen-bond donors (Lipinski definition) is 0. The van der Waals surface area contributed by atoms with Crippen LogP contribution in [0, 0.1) is 11.3 Å². The van der Waals surface area contributed by atoms with Crippen LogP contribution in [-0.2, 0) is 13.1 Å². The Bertz CT molecular complexity index is 614. The van der Waals surface area contributed by atoms with Gasteiger partial charge < -0.3 is 4.90 Å². The lowest BCUT2D eigenvalue weighted by atomic mass is 10.1. The highest BCUT2D eigenvalue weighted by molar-refractivity contribution is 5.37. The number of benzene rings is 2. The Labute approximate surface area is 133 Å². The molecule has 3 heteroatoms. The molecule has 0 aliphatic heterocycles. The van der Waals surface area contributed by atoms with Gasteiger partial charge in [-0.05, 0) is 31.3 Å². The maximum Gasteiger partial charge on any atom is 0.0995 e.